The molecule has 13 heteroatoms. The predicted octanol–water partition coefficient (Wildman–Crippen LogP) is 5.25. The van der Waals surface area contributed by atoms with Crippen molar-refractivity contribution < 1.29 is 17.9 Å². The van der Waals surface area contributed by atoms with Crippen molar-refractivity contribution in [3.8, 4) is 18.0 Å². The fourth-order valence-corrected chi connectivity index (χ4v) is 4.87. The Morgan fingerprint density at radius 2 is 1.88 bits per heavy atom. The van der Waals surface area contributed by atoms with E-state index in [1.807, 2.05) is 0 Å². The minimum Gasteiger partial charge on any atom is -0.481 e. The van der Waals surface area contributed by atoms with E-state index in [0.717, 1.165) is 5.01 Å². The van der Waals surface area contributed by atoms with Crippen LogP contribution in [0.5, 0.6) is 5.88 Å². The highest BCUT2D eigenvalue weighted by Crippen LogP contribution is 2.54. The number of methoxy groups -OCH3 is 1. The fourth-order valence-electron chi connectivity index (χ4n) is 4.87. The number of alkyl halides is 3. The van der Waals surface area contributed by atoms with Crippen molar-refractivity contribution in [1.82, 2.24) is 25.9 Å². The van der Waals surface area contributed by atoms with Crippen molar-refractivity contribution in [2.45, 2.75) is 51.4 Å². The van der Waals surface area contributed by atoms with Crippen molar-refractivity contribution >= 4 is 22.3 Å². The molecule has 2 aromatic heterocycles. The average molecular weight is 578 g/mol. The first-order valence-corrected chi connectivity index (χ1v) is 13.3. The SMILES string of the molecule is COc1ncccc1[C@H](Nc1cc(C#N)c2ncc(C#N)c(NCC(C)(C)C)c2c1)C1=CN(C2(C(F)(F)F)CC2)NN1. The molecule has 3 aromatic rings. The van der Waals surface area contributed by atoms with E-state index in [4.69, 9.17) is 4.74 Å². The van der Waals surface area contributed by atoms with Gasteiger partial charge < -0.3 is 20.8 Å². The van der Waals surface area contributed by atoms with E-state index in [-0.39, 0.29) is 29.7 Å². The average Bonchev–Trinajstić information content (AvgIpc) is 3.64. The van der Waals surface area contributed by atoms with Gasteiger partial charge in [0.1, 0.15) is 12.1 Å². The third-order valence-electron chi connectivity index (χ3n) is 7.24. The van der Waals surface area contributed by atoms with Crippen LogP contribution >= 0.6 is 0 Å². The number of halogens is 3. The molecule has 0 saturated heterocycles. The summed E-state index contributed by atoms with van der Waals surface area (Å²) in [5.74, 6) is 0.273. The summed E-state index contributed by atoms with van der Waals surface area (Å²) in [5, 5.41) is 28.1. The van der Waals surface area contributed by atoms with Gasteiger partial charge in [0.25, 0.3) is 0 Å². The lowest BCUT2D eigenvalue weighted by Gasteiger charge is -2.28. The summed E-state index contributed by atoms with van der Waals surface area (Å²) in [5.41, 5.74) is 6.39. The summed E-state index contributed by atoms with van der Waals surface area (Å²) in [6, 6.07) is 10.4. The zero-order chi connectivity index (χ0) is 30.3. The molecule has 1 saturated carbocycles. The molecule has 0 unspecified atom stereocenters. The second-order valence-electron chi connectivity index (χ2n) is 11.5. The summed E-state index contributed by atoms with van der Waals surface area (Å²) in [7, 11) is 1.46. The Balaban J connectivity index is 1.61. The van der Waals surface area contributed by atoms with E-state index in [0.29, 0.717) is 45.6 Å². The number of nitrogens with zero attached hydrogens (tertiary/aromatic N) is 5. The lowest BCUT2D eigenvalue weighted by molar-refractivity contribution is -0.195. The minimum atomic E-state index is -4.43. The second kappa shape index (κ2) is 10.6. The number of benzene rings is 1. The highest BCUT2D eigenvalue weighted by atomic mass is 19.4. The summed E-state index contributed by atoms with van der Waals surface area (Å²) in [6.45, 7) is 6.71. The van der Waals surface area contributed by atoms with Gasteiger partial charge in [-0.2, -0.15) is 23.7 Å². The number of anilines is 2. The van der Waals surface area contributed by atoms with E-state index in [9.17, 15) is 23.7 Å². The number of fused-ring (bicyclic) bond motifs is 1. The monoisotopic (exact) mass is 577 g/mol. The zero-order valence-corrected chi connectivity index (χ0v) is 23.5. The Morgan fingerprint density at radius 1 is 1.14 bits per heavy atom. The molecule has 2 aliphatic rings. The van der Waals surface area contributed by atoms with Crippen molar-refractivity contribution in [1.29, 1.82) is 10.5 Å². The molecule has 0 bridgehead atoms. The van der Waals surface area contributed by atoms with E-state index in [1.54, 1.807) is 30.5 Å². The highest BCUT2D eigenvalue weighted by Gasteiger charge is 2.67. The van der Waals surface area contributed by atoms with Gasteiger partial charge in [-0.3, -0.25) is 9.99 Å². The third-order valence-corrected chi connectivity index (χ3v) is 7.24. The van der Waals surface area contributed by atoms with Crippen LogP contribution in [-0.4, -0.2) is 40.3 Å². The van der Waals surface area contributed by atoms with Crippen LogP contribution in [-0.2, 0) is 0 Å². The van der Waals surface area contributed by atoms with Gasteiger partial charge in [0, 0.05) is 41.8 Å². The molecule has 218 valence electrons. The minimum absolute atomic E-state index is 0.0297. The molecule has 3 heterocycles. The number of hydrogen-bond acceptors (Lipinski definition) is 10. The first kappa shape index (κ1) is 28.8. The Hall–Kier alpha value is -4.75. The van der Waals surface area contributed by atoms with Crippen LogP contribution < -0.4 is 26.3 Å². The van der Waals surface area contributed by atoms with E-state index in [1.165, 1.54) is 19.5 Å². The predicted molar refractivity (Wildman–Crippen MR) is 150 cm³/mol. The molecular formula is C29H30F3N9O. The van der Waals surface area contributed by atoms with Crippen molar-refractivity contribution in [2.24, 2.45) is 5.41 Å². The van der Waals surface area contributed by atoms with Crippen LogP contribution in [0.4, 0.5) is 24.5 Å². The van der Waals surface area contributed by atoms with Crippen molar-refractivity contribution in [3.63, 3.8) is 0 Å². The van der Waals surface area contributed by atoms with Crippen molar-refractivity contribution in [2.75, 3.05) is 24.3 Å². The maximum atomic E-state index is 13.9. The number of hydrogen-bond donors (Lipinski definition) is 4. The number of aromatic nitrogens is 2. The van der Waals surface area contributed by atoms with Gasteiger partial charge in [-0.05, 0) is 42.5 Å². The molecule has 1 aliphatic carbocycles. The third kappa shape index (κ3) is 5.31. The van der Waals surface area contributed by atoms with Crippen LogP contribution in [0, 0.1) is 28.1 Å². The molecule has 5 rings (SSSR count). The van der Waals surface area contributed by atoms with Gasteiger partial charge in [0.05, 0.1) is 41.2 Å². The van der Waals surface area contributed by atoms with E-state index >= 15 is 0 Å². The fraction of sp³-hybridized carbons (Fsp3) is 0.379. The van der Waals surface area contributed by atoms with Crippen LogP contribution in [0.25, 0.3) is 10.9 Å². The normalized spacial score (nSPS) is 16.6. The van der Waals surface area contributed by atoms with Crippen LogP contribution in [0.1, 0.15) is 56.3 Å². The van der Waals surface area contributed by atoms with Crippen LogP contribution in [0.15, 0.2) is 48.6 Å². The standard InChI is InChI=1S/C29H30F3N9O/c1-27(2,3)16-37-24-18(13-34)14-36-23-17(12-33)10-19(11-21(23)24)38-25(20-6-5-9-35-26(20)42-4)22-15-41(40-39-22)28(7-8-28)29(30,31)32/h5-6,9-11,14-15,25,38-40H,7-8,16H2,1-4H3,(H,36,37)/t25-/m0/s1. The van der Waals surface area contributed by atoms with Crippen LogP contribution in [0.2, 0.25) is 0 Å². The molecular weight excluding hydrogens is 547 g/mol. The smallest absolute Gasteiger partial charge is 0.413 e. The molecule has 0 radical (unpaired) electrons. The summed E-state index contributed by atoms with van der Waals surface area (Å²) in [4.78, 5) is 8.67. The number of hydrazine groups is 2. The Bertz CT molecular complexity index is 1630. The maximum Gasteiger partial charge on any atom is 0.413 e. The number of rotatable bonds is 8. The summed E-state index contributed by atoms with van der Waals surface area (Å²) < 4.78 is 47.1. The highest BCUT2D eigenvalue weighted by molar-refractivity contribution is 5.99. The van der Waals surface area contributed by atoms with Gasteiger partial charge in [-0.1, -0.05) is 20.8 Å². The number of ether oxygens (including phenoxy) is 1. The molecule has 4 N–H and O–H groups in total. The Kier molecular flexibility index (Phi) is 7.25. The molecule has 1 aliphatic heterocycles. The Morgan fingerprint density at radius 3 is 2.50 bits per heavy atom. The molecule has 10 nitrogen and oxygen atoms in total. The molecule has 42 heavy (non-hydrogen) atoms. The molecule has 0 amide bonds. The van der Waals surface area contributed by atoms with E-state index in [2.05, 4.69) is 64.5 Å². The van der Waals surface area contributed by atoms with Gasteiger partial charge >= 0.3 is 6.18 Å². The van der Waals surface area contributed by atoms with Crippen LogP contribution in [0.3, 0.4) is 0 Å². The van der Waals surface area contributed by atoms with Gasteiger partial charge in [0.2, 0.25) is 5.88 Å². The molecule has 1 atom stereocenters. The van der Waals surface area contributed by atoms with Gasteiger partial charge in [0.15, 0.2) is 5.54 Å². The second-order valence-corrected chi connectivity index (χ2v) is 11.5. The molecule has 1 fully saturated rings. The summed E-state index contributed by atoms with van der Waals surface area (Å²) >= 11 is 0. The zero-order valence-electron chi connectivity index (χ0n) is 23.5. The molecule has 0 spiro atoms. The number of pyridine rings is 2. The summed E-state index contributed by atoms with van der Waals surface area (Å²) in [6.07, 6.45) is -0.106. The number of nitriles is 2. The topological polar surface area (TPSA) is 134 Å². The van der Waals surface area contributed by atoms with Crippen molar-refractivity contribution in [3.05, 3.63) is 65.2 Å². The van der Waals surface area contributed by atoms with Gasteiger partial charge in [-0.15, -0.1) is 5.53 Å². The van der Waals surface area contributed by atoms with E-state index < -0.39 is 17.8 Å². The lowest BCUT2D eigenvalue weighted by atomic mass is 9.96. The van der Waals surface area contributed by atoms with Gasteiger partial charge in [-0.25, -0.2) is 4.98 Å². The maximum absolute atomic E-state index is 13.9. The Labute approximate surface area is 241 Å². The first-order chi connectivity index (χ1) is 19.9. The first-order valence-electron chi connectivity index (χ1n) is 13.3. The molecule has 1 aromatic carbocycles. The lowest BCUT2D eigenvalue weighted by Crippen LogP contribution is -2.52. The quantitative estimate of drug-likeness (QED) is 0.281. The number of nitrogens with one attached hydrogen (secondary N) is 4. The largest absolute Gasteiger partial charge is 0.481 e.